The van der Waals surface area contributed by atoms with Crippen LogP contribution in [0.15, 0.2) is 53.5 Å². The first-order chi connectivity index (χ1) is 8.81. The molecule has 3 heteroatoms. The molecule has 0 saturated carbocycles. The van der Waals surface area contributed by atoms with Crippen molar-refractivity contribution < 1.29 is 0 Å². The molecular weight excluding hydrogens is 222 g/mol. The number of hydrogen-bond acceptors (Lipinski definition) is 2. The van der Waals surface area contributed by atoms with Crippen LogP contribution in [0.25, 0.3) is 0 Å². The summed E-state index contributed by atoms with van der Waals surface area (Å²) in [5.74, 6) is 0.258. The Hall–Kier alpha value is -2.73. The van der Waals surface area contributed by atoms with Crippen molar-refractivity contribution >= 4 is 11.5 Å². The van der Waals surface area contributed by atoms with Crippen LogP contribution < -0.4 is 0 Å². The zero-order valence-electron chi connectivity index (χ0n) is 9.51. The Balaban J connectivity index is 2.24. The van der Waals surface area contributed by atoms with Gasteiger partial charge in [0.25, 0.3) is 0 Å². The minimum atomic E-state index is 0.258. The highest BCUT2D eigenvalue weighted by Crippen LogP contribution is 2.24. The van der Waals surface area contributed by atoms with Crippen LogP contribution in [0.1, 0.15) is 22.3 Å². The molecular formula is C15H9N3. The highest BCUT2D eigenvalue weighted by molar-refractivity contribution is 6.28. The highest BCUT2D eigenvalue weighted by atomic mass is 14.9. The summed E-state index contributed by atoms with van der Waals surface area (Å²) in [5.41, 5.74) is 3.83. The average Bonchev–Trinajstić information content (AvgIpc) is 2.77. The van der Waals surface area contributed by atoms with E-state index in [-0.39, 0.29) is 5.84 Å². The first kappa shape index (κ1) is 10.4. The van der Waals surface area contributed by atoms with Crippen molar-refractivity contribution in [2.45, 2.75) is 0 Å². The Morgan fingerprint density at radius 1 is 0.889 bits per heavy atom. The molecule has 1 N–H and O–H groups in total. The minimum Gasteiger partial charge on any atom is -0.282 e. The van der Waals surface area contributed by atoms with E-state index in [1.54, 1.807) is 6.07 Å². The van der Waals surface area contributed by atoms with E-state index in [1.807, 2.05) is 42.5 Å². The molecule has 0 fully saturated rings. The summed E-state index contributed by atoms with van der Waals surface area (Å²) in [7, 11) is 0. The number of hydrogen-bond donors (Lipinski definition) is 1. The lowest BCUT2D eigenvalue weighted by atomic mass is 9.97. The van der Waals surface area contributed by atoms with Gasteiger partial charge < -0.3 is 0 Å². The number of nitriles is 1. The first-order valence-electron chi connectivity index (χ1n) is 5.58. The van der Waals surface area contributed by atoms with E-state index < -0.39 is 0 Å². The van der Waals surface area contributed by atoms with Gasteiger partial charge in [-0.15, -0.1) is 0 Å². The second-order valence-electron chi connectivity index (χ2n) is 4.01. The van der Waals surface area contributed by atoms with Crippen molar-refractivity contribution in [3.63, 3.8) is 0 Å². The molecule has 0 aliphatic carbocycles. The predicted molar refractivity (Wildman–Crippen MR) is 70.1 cm³/mol. The smallest absolute Gasteiger partial charge is 0.153 e. The number of aliphatic imine (C=N–C) groups is 1. The van der Waals surface area contributed by atoms with Crippen LogP contribution >= 0.6 is 0 Å². The molecule has 3 nitrogen and oxygen atoms in total. The molecule has 0 aromatic heterocycles. The maximum Gasteiger partial charge on any atom is 0.153 e. The molecule has 0 radical (unpaired) electrons. The zero-order chi connectivity index (χ0) is 12.5. The Morgan fingerprint density at radius 3 is 2.22 bits per heavy atom. The van der Waals surface area contributed by atoms with Crippen molar-refractivity contribution in [2.75, 3.05) is 0 Å². The fraction of sp³-hybridized carbons (Fsp3) is 0. The summed E-state index contributed by atoms with van der Waals surface area (Å²) in [5, 5.41) is 17.0. The van der Waals surface area contributed by atoms with Crippen LogP contribution in [0, 0.1) is 16.7 Å². The standard InChI is InChI=1S/C15H9N3/c16-9-10-5-1-2-6-11(10)14-12-7-3-4-8-13(12)15(17)18-14/h1-8,17H. The van der Waals surface area contributed by atoms with Crippen molar-refractivity contribution in [2.24, 2.45) is 4.99 Å². The number of nitrogens with one attached hydrogen (secondary N) is 1. The molecule has 0 atom stereocenters. The van der Waals surface area contributed by atoms with E-state index in [0.29, 0.717) is 11.3 Å². The Kier molecular flexibility index (Phi) is 2.28. The summed E-state index contributed by atoms with van der Waals surface area (Å²) >= 11 is 0. The molecule has 84 valence electrons. The summed E-state index contributed by atoms with van der Waals surface area (Å²) in [4.78, 5) is 4.28. The van der Waals surface area contributed by atoms with Gasteiger partial charge in [0.15, 0.2) is 5.84 Å². The molecule has 0 unspecified atom stereocenters. The third-order valence-corrected chi connectivity index (χ3v) is 2.96. The summed E-state index contributed by atoms with van der Waals surface area (Å²) < 4.78 is 0. The van der Waals surface area contributed by atoms with Crippen LogP contribution in [0.5, 0.6) is 0 Å². The van der Waals surface area contributed by atoms with Gasteiger partial charge in [0, 0.05) is 16.7 Å². The van der Waals surface area contributed by atoms with Crippen LogP contribution in [0.2, 0.25) is 0 Å². The number of nitrogens with zero attached hydrogens (tertiary/aromatic N) is 2. The molecule has 0 spiro atoms. The second-order valence-corrected chi connectivity index (χ2v) is 4.01. The number of rotatable bonds is 1. The van der Waals surface area contributed by atoms with Gasteiger partial charge in [-0.05, 0) is 6.07 Å². The lowest BCUT2D eigenvalue weighted by Gasteiger charge is -2.04. The largest absolute Gasteiger partial charge is 0.282 e. The Bertz CT molecular complexity index is 721. The van der Waals surface area contributed by atoms with Gasteiger partial charge in [0.05, 0.1) is 17.3 Å². The lowest BCUT2D eigenvalue weighted by molar-refractivity contribution is 1.44. The molecule has 0 bridgehead atoms. The maximum absolute atomic E-state index is 9.13. The van der Waals surface area contributed by atoms with E-state index in [9.17, 15) is 0 Å². The van der Waals surface area contributed by atoms with Gasteiger partial charge in [-0.1, -0.05) is 42.5 Å². The molecule has 2 aromatic carbocycles. The monoisotopic (exact) mass is 231 g/mol. The predicted octanol–water partition coefficient (Wildman–Crippen LogP) is 2.73. The topological polar surface area (TPSA) is 60.0 Å². The van der Waals surface area contributed by atoms with E-state index in [1.165, 1.54) is 0 Å². The van der Waals surface area contributed by atoms with Gasteiger partial charge in [0.2, 0.25) is 0 Å². The van der Waals surface area contributed by atoms with Gasteiger partial charge in [-0.2, -0.15) is 5.26 Å². The lowest BCUT2D eigenvalue weighted by Crippen LogP contribution is -2.03. The molecule has 1 aliphatic heterocycles. The average molecular weight is 231 g/mol. The van der Waals surface area contributed by atoms with E-state index in [0.717, 1.165) is 16.7 Å². The van der Waals surface area contributed by atoms with Crippen LogP contribution in [-0.4, -0.2) is 11.5 Å². The van der Waals surface area contributed by atoms with Crippen LogP contribution in [0.4, 0.5) is 0 Å². The maximum atomic E-state index is 9.13. The Labute approximate surface area is 105 Å². The van der Waals surface area contributed by atoms with Crippen molar-refractivity contribution in [3.8, 4) is 6.07 Å². The van der Waals surface area contributed by atoms with Crippen LogP contribution in [-0.2, 0) is 0 Å². The fourth-order valence-electron chi connectivity index (χ4n) is 2.12. The molecule has 3 rings (SSSR count). The highest BCUT2D eigenvalue weighted by Gasteiger charge is 2.22. The van der Waals surface area contributed by atoms with E-state index in [2.05, 4.69) is 11.1 Å². The molecule has 0 amide bonds. The van der Waals surface area contributed by atoms with Gasteiger partial charge in [-0.3, -0.25) is 5.41 Å². The van der Waals surface area contributed by atoms with Gasteiger partial charge in [-0.25, -0.2) is 4.99 Å². The fourth-order valence-corrected chi connectivity index (χ4v) is 2.12. The molecule has 1 aliphatic rings. The second kappa shape index (κ2) is 3.94. The van der Waals surface area contributed by atoms with Crippen molar-refractivity contribution in [1.82, 2.24) is 0 Å². The normalized spacial score (nSPS) is 12.8. The zero-order valence-corrected chi connectivity index (χ0v) is 9.51. The number of fused-ring (bicyclic) bond motifs is 1. The molecule has 18 heavy (non-hydrogen) atoms. The first-order valence-corrected chi connectivity index (χ1v) is 5.58. The SMILES string of the molecule is N#Cc1ccccc1C1=NC(=N)c2ccccc21. The number of benzene rings is 2. The molecule has 1 heterocycles. The summed E-state index contributed by atoms with van der Waals surface area (Å²) in [6.07, 6.45) is 0. The van der Waals surface area contributed by atoms with Gasteiger partial charge >= 0.3 is 0 Å². The van der Waals surface area contributed by atoms with Crippen molar-refractivity contribution in [3.05, 3.63) is 70.8 Å². The van der Waals surface area contributed by atoms with Crippen LogP contribution in [0.3, 0.4) is 0 Å². The molecule has 0 saturated heterocycles. The van der Waals surface area contributed by atoms with Crippen molar-refractivity contribution in [1.29, 1.82) is 10.7 Å². The summed E-state index contributed by atoms with van der Waals surface area (Å²) in [6.45, 7) is 0. The molecule has 2 aromatic rings. The number of amidine groups is 1. The summed E-state index contributed by atoms with van der Waals surface area (Å²) in [6, 6.07) is 17.1. The minimum absolute atomic E-state index is 0.258. The van der Waals surface area contributed by atoms with E-state index >= 15 is 0 Å². The van der Waals surface area contributed by atoms with E-state index in [4.69, 9.17) is 10.7 Å². The third kappa shape index (κ3) is 1.44. The quantitative estimate of drug-likeness (QED) is 0.805. The third-order valence-electron chi connectivity index (χ3n) is 2.96. The Morgan fingerprint density at radius 2 is 1.50 bits per heavy atom. The van der Waals surface area contributed by atoms with Gasteiger partial charge in [0.1, 0.15) is 0 Å².